The number of carbonyl (C=O) groups is 4. The lowest BCUT2D eigenvalue weighted by atomic mass is 9.83. The summed E-state index contributed by atoms with van der Waals surface area (Å²) in [5, 5.41) is 8.36. The zero-order chi connectivity index (χ0) is 27.3. The van der Waals surface area contributed by atoms with E-state index < -0.39 is 24.1 Å². The number of hydrogen-bond acceptors (Lipinski definition) is 6. The van der Waals surface area contributed by atoms with Crippen molar-refractivity contribution < 1.29 is 28.7 Å². The fourth-order valence-corrected chi connectivity index (χ4v) is 4.57. The molecular formula is C29H37N3O6. The number of amides is 3. The average Bonchev–Trinajstić information content (AvgIpc) is 2.95. The molecule has 1 fully saturated rings. The summed E-state index contributed by atoms with van der Waals surface area (Å²) in [4.78, 5) is 49.7. The number of esters is 1. The minimum atomic E-state index is -0.797. The van der Waals surface area contributed by atoms with Crippen molar-refractivity contribution in [2.24, 2.45) is 5.92 Å². The van der Waals surface area contributed by atoms with E-state index in [1.807, 2.05) is 30.3 Å². The van der Waals surface area contributed by atoms with Gasteiger partial charge in [-0.3, -0.25) is 9.59 Å². The monoisotopic (exact) mass is 523 g/mol. The summed E-state index contributed by atoms with van der Waals surface area (Å²) in [7, 11) is 1.28. The molecular weight excluding hydrogens is 486 g/mol. The summed E-state index contributed by atoms with van der Waals surface area (Å²) in [6, 6.07) is 14.9. The van der Waals surface area contributed by atoms with Crippen molar-refractivity contribution in [1.29, 1.82) is 0 Å². The maximum atomic E-state index is 13.3. The maximum absolute atomic E-state index is 13.3. The van der Waals surface area contributed by atoms with E-state index in [0.717, 1.165) is 43.2 Å². The molecule has 9 nitrogen and oxygen atoms in total. The molecule has 1 saturated carbocycles. The number of alkyl carbamates (subject to hydrolysis) is 1. The summed E-state index contributed by atoms with van der Waals surface area (Å²) in [6.07, 6.45) is 4.75. The van der Waals surface area contributed by atoms with Gasteiger partial charge in [0.2, 0.25) is 11.8 Å². The van der Waals surface area contributed by atoms with Crippen LogP contribution < -0.4 is 16.0 Å². The van der Waals surface area contributed by atoms with Crippen molar-refractivity contribution in [3.8, 4) is 0 Å². The summed E-state index contributed by atoms with van der Waals surface area (Å²) in [5.74, 6) is -1.04. The van der Waals surface area contributed by atoms with Crippen molar-refractivity contribution in [3.63, 3.8) is 0 Å². The summed E-state index contributed by atoms with van der Waals surface area (Å²) >= 11 is 0. The van der Waals surface area contributed by atoms with E-state index in [1.165, 1.54) is 7.11 Å². The van der Waals surface area contributed by atoms with Gasteiger partial charge in [-0.2, -0.15) is 0 Å². The van der Waals surface area contributed by atoms with E-state index in [1.54, 1.807) is 31.2 Å². The second kappa shape index (κ2) is 14.8. The van der Waals surface area contributed by atoms with Gasteiger partial charge in [-0.15, -0.1) is 0 Å². The largest absolute Gasteiger partial charge is 0.467 e. The molecule has 204 valence electrons. The van der Waals surface area contributed by atoms with Crippen LogP contribution >= 0.6 is 0 Å². The maximum Gasteiger partial charge on any atom is 0.408 e. The minimum Gasteiger partial charge on any atom is -0.467 e. The number of carbonyl (C=O) groups excluding carboxylic acids is 4. The van der Waals surface area contributed by atoms with E-state index in [0.29, 0.717) is 5.69 Å². The van der Waals surface area contributed by atoms with Gasteiger partial charge in [0.15, 0.2) is 0 Å². The molecule has 3 N–H and O–H groups in total. The molecule has 2 aromatic rings. The van der Waals surface area contributed by atoms with E-state index in [9.17, 15) is 19.2 Å². The third-order valence-corrected chi connectivity index (χ3v) is 6.69. The van der Waals surface area contributed by atoms with Crippen molar-refractivity contribution in [3.05, 3.63) is 65.7 Å². The van der Waals surface area contributed by atoms with Crippen LogP contribution in [0.15, 0.2) is 54.6 Å². The van der Waals surface area contributed by atoms with Crippen LogP contribution in [0.2, 0.25) is 0 Å². The number of benzene rings is 2. The Balaban J connectivity index is 1.62. The highest BCUT2D eigenvalue weighted by atomic mass is 16.5. The van der Waals surface area contributed by atoms with Gasteiger partial charge in [-0.05, 0) is 42.0 Å². The van der Waals surface area contributed by atoms with Crippen molar-refractivity contribution in [2.75, 3.05) is 12.4 Å². The molecule has 0 radical (unpaired) electrons. The van der Waals surface area contributed by atoms with Gasteiger partial charge in [0.1, 0.15) is 18.7 Å². The molecule has 0 saturated heterocycles. The van der Waals surface area contributed by atoms with E-state index >= 15 is 0 Å². The van der Waals surface area contributed by atoms with Gasteiger partial charge in [0.25, 0.3) is 0 Å². The lowest BCUT2D eigenvalue weighted by Crippen LogP contribution is -2.49. The van der Waals surface area contributed by atoms with Crippen LogP contribution in [0.3, 0.4) is 0 Å². The third-order valence-electron chi connectivity index (χ3n) is 6.69. The Bertz CT molecular complexity index is 1070. The van der Waals surface area contributed by atoms with Crippen LogP contribution in [0.1, 0.15) is 56.6 Å². The number of ether oxygens (including phenoxy) is 2. The molecule has 0 spiro atoms. The molecule has 9 heteroatoms. The number of rotatable bonds is 11. The number of anilines is 1. The molecule has 1 aliphatic rings. The molecule has 2 aromatic carbocycles. The van der Waals surface area contributed by atoms with Gasteiger partial charge in [0, 0.05) is 18.5 Å². The highest BCUT2D eigenvalue weighted by Gasteiger charge is 2.31. The van der Waals surface area contributed by atoms with Crippen LogP contribution in [0.5, 0.6) is 0 Å². The fourth-order valence-electron chi connectivity index (χ4n) is 4.57. The Kier molecular flexibility index (Phi) is 11.1. The summed E-state index contributed by atoms with van der Waals surface area (Å²) in [6.45, 7) is 1.83. The lowest BCUT2D eigenvalue weighted by Gasteiger charge is -2.29. The topological polar surface area (TPSA) is 123 Å². The van der Waals surface area contributed by atoms with Gasteiger partial charge in [0.05, 0.1) is 7.11 Å². The van der Waals surface area contributed by atoms with E-state index in [4.69, 9.17) is 9.47 Å². The van der Waals surface area contributed by atoms with Crippen LogP contribution in [-0.4, -0.2) is 43.1 Å². The van der Waals surface area contributed by atoms with E-state index in [2.05, 4.69) is 16.0 Å². The zero-order valence-electron chi connectivity index (χ0n) is 22.0. The molecule has 0 bridgehead atoms. The highest BCUT2D eigenvalue weighted by Crippen LogP contribution is 2.27. The van der Waals surface area contributed by atoms with Gasteiger partial charge in [-0.1, -0.05) is 68.7 Å². The van der Waals surface area contributed by atoms with Crippen LogP contribution in [-0.2, 0) is 36.9 Å². The van der Waals surface area contributed by atoms with Gasteiger partial charge < -0.3 is 25.4 Å². The van der Waals surface area contributed by atoms with Crippen LogP contribution in [0.4, 0.5) is 10.5 Å². The quantitative estimate of drug-likeness (QED) is 0.381. The molecule has 3 rings (SSSR count). The van der Waals surface area contributed by atoms with Crippen LogP contribution in [0, 0.1) is 5.92 Å². The standard InChI is InChI=1S/C29H37N3O6/c1-3-25(33)31-24(28(35)37-2)18-20-14-16-23(17-15-20)30-27(34)26(22-12-8-5-9-13-22)32-29(36)38-19-21-10-6-4-7-11-21/h4,6-7,10-11,14-17,22,24,26H,3,5,8-9,12-13,18-19H2,1-2H3,(H,30,34)(H,31,33)(H,32,36). The highest BCUT2D eigenvalue weighted by molar-refractivity contribution is 5.96. The first-order chi connectivity index (χ1) is 18.4. The Morgan fingerprint density at radius 3 is 2.21 bits per heavy atom. The first-order valence-electron chi connectivity index (χ1n) is 13.1. The predicted molar refractivity (Wildman–Crippen MR) is 143 cm³/mol. The van der Waals surface area contributed by atoms with Crippen LogP contribution in [0.25, 0.3) is 0 Å². The Morgan fingerprint density at radius 2 is 1.58 bits per heavy atom. The Morgan fingerprint density at radius 1 is 0.895 bits per heavy atom. The second-order valence-electron chi connectivity index (χ2n) is 9.47. The van der Waals surface area contributed by atoms with Gasteiger partial charge >= 0.3 is 12.1 Å². The molecule has 0 heterocycles. The fraction of sp³-hybridized carbons (Fsp3) is 0.448. The predicted octanol–water partition coefficient (Wildman–Crippen LogP) is 4.11. The summed E-state index contributed by atoms with van der Waals surface area (Å²) in [5.41, 5.74) is 2.22. The summed E-state index contributed by atoms with van der Waals surface area (Å²) < 4.78 is 10.2. The normalized spacial score (nSPS) is 15.0. The number of methoxy groups -OCH3 is 1. The molecule has 2 atom stereocenters. The third kappa shape index (κ3) is 8.90. The first kappa shape index (κ1) is 28.7. The zero-order valence-corrected chi connectivity index (χ0v) is 22.0. The molecule has 2 unspecified atom stereocenters. The molecule has 0 aliphatic heterocycles. The lowest BCUT2D eigenvalue weighted by molar-refractivity contribution is -0.145. The smallest absolute Gasteiger partial charge is 0.408 e. The first-order valence-corrected chi connectivity index (χ1v) is 13.1. The SMILES string of the molecule is CCC(=O)NC(Cc1ccc(NC(=O)C(NC(=O)OCc2ccccc2)C2CCCCC2)cc1)C(=O)OC. The van der Waals surface area contributed by atoms with Crippen molar-refractivity contribution in [1.82, 2.24) is 10.6 Å². The molecule has 3 amide bonds. The molecule has 38 heavy (non-hydrogen) atoms. The number of hydrogen-bond donors (Lipinski definition) is 3. The Labute approximate surface area is 223 Å². The average molecular weight is 524 g/mol. The van der Waals surface area contributed by atoms with E-state index in [-0.39, 0.29) is 37.2 Å². The minimum absolute atomic E-state index is 0.0234. The molecule has 0 aromatic heterocycles. The van der Waals surface area contributed by atoms with Crippen molar-refractivity contribution >= 4 is 29.6 Å². The van der Waals surface area contributed by atoms with Gasteiger partial charge in [-0.25, -0.2) is 9.59 Å². The molecule has 1 aliphatic carbocycles. The van der Waals surface area contributed by atoms with Crippen molar-refractivity contribution in [2.45, 2.75) is 70.6 Å². The Hall–Kier alpha value is -3.88. The number of nitrogens with one attached hydrogen (secondary N) is 3. The second-order valence-corrected chi connectivity index (χ2v) is 9.47.